The molecule has 0 fully saturated rings. The lowest BCUT2D eigenvalue weighted by Gasteiger charge is -2.15. The predicted molar refractivity (Wildman–Crippen MR) is 106 cm³/mol. The Kier molecular flexibility index (Phi) is 6.97. The fraction of sp³-hybridized carbons (Fsp3) is 0.300. The molecule has 1 atom stereocenters. The number of methoxy groups -OCH3 is 1. The molecule has 0 amide bonds. The molecule has 1 N–H and O–H groups in total. The number of para-hydroxylation sites is 1. The standard InChI is InChI=1S/C20H26N2O3S/c1-16(17-11-13-19(14-12-17)26(23,24)22(2)3)21-15-7-9-18-8-5-6-10-20(18)25-4/h5-14,16,21H,15H2,1-4H3/b9-7+. The van der Waals surface area contributed by atoms with Gasteiger partial charge in [-0.3, -0.25) is 0 Å². The Hall–Kier alpha value is -2.15. The van der Waals surface area contributed by atoms with Crippen LogP contribution in [0.25, 0.3) is 6.08 Å². The lowest BCUT2D eigenvalue weighted by molar-refractivity contribution is 0.414. The SMILES string of the molecule is COc1ccccc1/C=C/CNC(C)c1ccc(S(=O)(=O)N(C)C)cc1. The first-order valence-electron chi connectivity index (χ1n) is 8.41. The predicted octanol–water partition coefficient (Wildman–Crippen LogP) is 3.31. The van der Waals surface area contributed by atoms with E-state index >= 15 is 0 Å². The van der Waals surface area contributed by atoms with Gasteiger partial charge in [-0.2, -0.15) is 0 Å². The van der Waals surface area contributed by atoms with Crippen molar-refractivity contribution in [2.75, 3.05) is 27.7 Å². The van der Waals surface area contributed by atoms with Crippen molar-refractivity contribution in [3.63, 3.8) is 0 Å². The first-order chi connectivity index (χ1) is 12.4. The quantitative estimate of drug-likeness (QED) is 0.770. The Bertz CT molecular complexity index is 844. The van der Waals surface area contributed by atoms with Gasteiger partial charge in [0.15, 0.2) is 0 Å². The van der Waals surface area contributed by atoms with E-state index in [1.54, 1.807) is 19.2 Å². The third-order valence-corrected chi connectivity index (χ3v) is 5.97. The summed E-state index contributed by atoms with van der Waals surface area (Å²) in [6, 6.07) is 14.9. The molecule has 5 nitrogen and oxygen atoms in total. The van der Waals surface area contributed by atoms with Crippen LogP contribution < -0.4 is 10.1 Å². The minimum absolute atomic E-state index is 0.105. The van der Waals surface area contributed by atoms with Gasteiger partial charge >= 0.3 is 0 Å². The highest BCUT2D eigenvalue weighted by Crippen LogP contribution is 2.19. The molecule has 0 aliphatic heterocycles. The van der Waals surface area contributed by atoms with Gasteiger partial charge in [-0.05, 0) is 30.7 Å². The Balaban J connectivity index is 1.96. The number of rotatable bonds is 8. The summed E-state index contributed by atoms with van der Waals surface area (Å²) in [6.07, 6.45) is 4.06. The largest absolute Gasteiger partial charge is 0.496 e. The van der Waals surface area contributed by atoms with Gasteiger partial charge in [-0.25, -0.2) is 12.7 Å². The Morgan fingerprint density at radius 1 is 1.12 bits per heavy atom. The summed E-state index contributed by atoms with van der Waals surface area (Å²) in [6.45, 7) is 2.74. The molecular formula is C20H26N2O3S. The fourth-order valence-electron chi connectivity index (χ4n) is 2.49. The Morgan fingerprint density at radius 2 is 1.77 bits per heavy atom. The van der Waals surface area contributed by atoms with E-state index in [9.17, 15) is 8.42 Å². The number of benzene rings is 2. The molecule has 1 unspecified atom stereocenters. The zero-order valence-corrected chi connectivity index (χ0v) is 16.5. The smallest absolute Gasteiger partial charge is 0.242 e. The van der Waals surface area contributed by atoms with Crippen molar-refractivity contribution in [1.82, 2.24) is 9.62 Å². The molecule has 6 heteroatoms. The van der Waals surface area contributed by atoms with Gasteiger partial charge in [0.1, 0.15) is 5.75 Å². The number of ether oxygens (including phenoxy) is 1. The van der Waals surface area contributed by atoms with Crippen LogP contribution >= 0.6 is 0 Å². The van der Waals surface area contributed by atoms with E-state index in [4.69, 9.17) is 4.74 Å². The molecule has 0 aliphatic rings. The summed E-state index contributed by atoms with van der Waals surface area (Å²) in [5.74, 6) is 0.842. The van der Waals surface area contributed by atoms with Crippen LogP contribution in [0, 0.1) is 0 Å². The van der Waals surface area contributed by atoms with Crippen molar-refractivity contribution >= 4 is 16.1 Å². The maximum atomic E-state index is 12.1. The summed E-state index contributed by atoms with van der Waals surface area (Å²) in [5.41, 5.74) is 2.07. The van der Waals surface area contributed by atoms with Crippen molar-refractivity contribution in [2.24, 2.45) is 0 Å². The molecule has 140 valence electrons. The molecule has 0 saturated heterocycles. The molecule has 0 radical (unpaired) electrons. The van der Waals surface area contributed by atoms with E-state index in [0.29, 0.717) is 11.4 Å². The van der Waals surface area contributed by atoms with Crippen molar-refractivity contribution in [3.8, 4) is 5.75 Å². The fourth-order valence-corrected chi connectivity index (χ4v) is 3.39. The second kappa shape index (κ2) is 8.98. The highest BCUT2D eigenvalue weighted by Gasteiger charge is 2.17. The molecule has 0 spiro atoms. The van der Waals surface area contributed by atoms with E-state index in [1.165, 1.54) is 18.4 Å². The number of sulfonamides is 1. The van der Waals surface area contributed by atoms with Gasteiger partial charge in [0.2, 0.25) is 10.0 Å². The third-order valence-electron chi connectivity index (χ3n) is 4.14. The molecule has 2 aromatic rings. The number of hydrogen-bond acceptors (Lipinski definition) is 4. The second-order valence-corrected chi connectivity index (χ2v) is 8.28. The average molecular weight is 375 g/mol. The Labute approximate surface area is 156 Å². The topological polar surface area (TPSA) is 58.6 Å². The zero-order chi connectivity index (χ0) is 19.2. The molecule has 0 saturated carbocycles. The minimum atomic E-state index is -3.39. The van der Waals surface area contributed by atoms with E-state index in [1.807, 2.05) is 55.5 Å². The van der Waals surface area contributed by atoms with E-state index in [2.05, 4.69) is 5.32 Å². The molecule has 0 aliphatic carbocycles. The minimum Gasteiger partial charge on any atom is -0.496 e. The van der Waals surface area contributed by atoms with Gasteiger partial charge in [0, 0.05) is 32.2 Å². The number of nitrogens with zero attached hydrogens (tertiary/aromatic N) is 1. The Morgan fingerprint density at radius 3 is 2.38 bits per heavy atom. The maximum Gasteiger partial charge on any atom is 0.242 e. The van der Waals surface area contributed by atoms with Crippen LogP contribution in [0.4, 0.5) is 0 Å². The van der Waals surface area contributed by atoms with Crippen LogP contribution in [-0.2, 0) is 10.0 Å². The van der Waals surface area contributed by atoms with Gasteiger partial charge in [-0.1, -0.05) is 42.5 Å². The van der Waals surface area contributed by atoms with Crippen LogP contribution in [0.3, 0.4) is 0 Å². The highest BCUT2D eigenvalue weighted by molar-refractivity contribution is 7.89. The van der Waals surface area contributed by atoms with E-state index in [0.717, 1.165) is 16.9 Å². The lowest BCUT2D eigenvalue weighted by atomic mass is 10.1. The summed E-state index contributed by atoms with van der Waals surface area (Å²) in [4.78, 5) is 0.300. The van der Waals surface area contributed by atoms with Gasteiger partial charge < -0.3 is 10.1 Å². The van der Waals surface area contributed by atoms with Crippen molar-refractivity contribution < 1.29 is 13.2 Å². The molecule has 2 rings (SSSR count). The van der Waals surface area contributed by atoms with Crippen LogP contribution in [0.2, 0.25) is 0 Å². The third kappa shape index (κ3) is 4.94. The lowest BCUT2D eigenvalue weighted by Crippen LogP contribution is -2.22. The summed E-state index contributed by atoms with van der Waals surface area (Å²) in [7, 11) is 1.33. The first kappa shape index (κ1) is 20.2. The van der Waals surface area contributed by atoms with Crippen LogP contribution in [-0.4, -0.2) is 40.5 Å². The van der Waals surface area contributed by atoms with Gasteiger partial charge in [0.05, 0.1) is 12.0 Å². The number of hydrogen-bond donors (Lipinski definition) is 1. The molecule has 0 bridgehead atoms. The summed E-state index contributed by atoms with van der Waals surface area (Å²) < 4.78 is 30.7. The van der Waals surface area contributed by atoms with Crippen LogP contribution in [0.15, 0.2) is 59.5 Å². The molecule has 2 aromatic carbocycles. The molecule has 0 aromatic heterocycles. The molecular weight excluding hydrogens is 348 g/mol. The summed E-state index contributed by atoms with van der Waals surface area (Å²) in [5, 5.41) is 3.40. The second-order valence-electron chi connectivity index (χ2n) is 6.13. The maximum absolute atomic E-state index is 12.1. The van der Waals surface area contributed by atoms with E-state index in [-0.39, 0.29) is 6.04 Å². The zero-order valence-electron chi connectivity index (χ0n) is 15.6. The highest BCUT2D eigenvalue weighted by atomic mass is 32.2. The van der Waals surface area contributed by atoms with E-state index < -0.39 is 10.0 Å². The van der Waals surface area contributed by atoms with Crippen molar-refractivity contribution in [1.29, 1.82) is 0 Å². The first-order valence-corrected chi connectivity index (χ1v) is 9.85. The normalized spacial score (nSPS) is 13.3. The van der Waals surface area contributed by atoms with Crippen LogP contribution in [0.5, 0.6) is 5.75 Å². The summed E-state index contributed by atoms with van der Waals surface area (Å²) >= 11 is 0. The van der Waals surface area contributed by atoms with Gasteiger partial charge in [-0.15, -0.1) is 0 Å². The van der Waals surface area contributed by atoms with Gasteiger partial charge in [0.25, 0.3) is 0 Å². The van der Waals surface area contributed by atoms with Crippen LogP contribution in [0.1, 0.15) is 24.1 Å². The molecule has 0 heterocycles. The van der Waals surface area contributed by atoms with Crippen molar-refractivity contribution in [2.45, 2.75) is 17.9 Å². The van der Waals surface area contributed by atoms with Crippen molar-refractivity contribution in [3.05, 3.63) is 65.7 Å². The number of nitrogens with one attached hydrogen (secondary N) is 1. The monoisotopic (exact) mass is 374 g/mol. The molecule has 26 heavy (non-hydrogen) atoms. The average Bonchev–Trinajstić information content (AvgIpc) is 2.65.